The highest BCUT2D eigenvalue weighted by Crippen LogP contribution is 2.23. The molecule has 0 aromatic carbocycles. The van der Waals surface area contributed by atoms with Crippen LogP contribution in [0.4, 0.5) is 5.82 Å². The Labute approximate surface area is 134 Å². The summed E-state index contributed by atoms with van der Waals surface area (Å²) in [6, 6.07) is 7.32. The molecule has 5 nitrogen and oxygen atoms in total. The zero-order chi connectivity index (χ0) is 15.9. The number of hydrogen-bond donors (Lipinski definition) is 1. The second kappa shape index (κ2) is 7.62. The normalized spacial score (nSPS) is 10.3. The molecule has 0 unspecified atom stereocenters. The lowest BCUT2D eigenvalue weighted by molar-refractivity contribution is 0.261. The zero-order valence-electron chi connectivity index (χ0n) is 12.5. The predicted octanol–water partition coefficient (Wildman–Crippen LogP) is 3.65. The third kappa shape index (κ3) is 4.61. The molecule has 0 aliphatic heterocycles. The fourth-order valence-electron chi connectivity index (χ4n) is 1.67. The van der Waals surface area contributed by atoms with Crippen LogP contribution in [0.3, 0.4) is 0 Å². The number of rotatable bonds is 6. The molecule has 0 aliphatic rings. The van der Waals surface area contributed by atoms with Crippen molar-refractivity contribution in [3.8, 4) is 11.9 Å². The second-order valence-corrected chi connectivity index (χ2v) is 5.64. The van der Waals surface area contributed by atoms with E-state index in [0.717, 1.165) is 5.56 Å². The molecular formula is C16H17ClN4O. The molecule has 2 rings (SSSR count). The molecule has 22 heavy (non-hydrogen) atoms. The van der Waals surface area contributed by atoms with Crippen LogP contribution in [-0.4, -0.2) is 16.6 Å². The Balaban J connectivity index is 1.95. The van der Waals surface area contributed by atoms with Gasteiger partial charge in [0.05, 0.1) is 12.2 Å². The summed E-state index contributed by atoms with van der Waals surface area (Å²) in [5.74, 6) is 1.56. The van der Waals surface area contributed by atoms with Gasteiger partial charge in [0.15, 0.2) is 0 Å². The lowest BCUT2D eigenvalue weighted by atomic mass is 10.2. The number of pyridine rings is 2. The van der Waals surface area contributed by atoms with E-state index in [1.807, 2.05) is 12.1 Å². The second-order valence-electron chi connectivity index (χ2n) is 5.23. The van der Waals surface area contributed by atoms with E-state index < -0.39 is 0 Å². The van der Waals surface area contributed by atoms with Crippen LogP contribution >= 0.6 is 11.6 Å². The van der Waals surface area contributed by atoms with E-state index >= 15 is 0 Å². The van der Waals surface area contributed by atoms with Gasteiger partial charge in [-0.2, -0.15) is 5.26 Å². The van der Waals surface area contributed by atoms with Gasteiger partial charge in [-0.05, 0) is 29.7 Å². The summed E-state index contributed by atoms with van der Waals surface area (Å²) < 4.78 is 5.54. The molecule has 0 aliphatic carbocycles. The van der Waals surface area contributed by atoms with Crippen molar-refractivity contribution in [2.75, 3.05) is 11.9 Å². The van der Waals surface area contributed by atoms with Gasteiger partial charge in [-0.25, -0.2) is 9.97 Å². The molecule has 0 fully saturated rings. The number of aromatic nitrogens is 2. The maximum absolute atomic E-state index is 8.73. The standard InChI is InChI=1S/C16H17ClN4O/c1-11(2)10-22-16-14(17)5-13(9-21-16)8-20-15-4-3-12(6-18)7-19-15/h3-5,7,9,11H,8,10H2,1-2H3,(H,19,20). The van der Waals surface area contributed by atoms with Crippen LogP contribution in [0.1, 0.15) is 25.0 Å². The fourth-order valence-corrected chi connectivity index (χ4v) is 1.91. The van der Waals surface area contributed by atoms with Gasteiger partial charge in [-0.3, -0.25) is 0 Å². The number of anilines is 1. The van der Waals surface area contributed by atoms with E-state index in [9.17, 15) is 0 Å². The van der Waals surface area contributed by atoms with Crippen LogP contribution in [0, 0.1) is 17.2 Å². The maximum Gasteiger partial charge on any atom is 0.232 e. The SMILES string of the molecule is CC(C)COc1ncc(CNc2ccc(C#N)cn2)cc1Cl. The van der Waals surface area contributed by atoms with Crippen molar-refractivity contribution in [3.63, 3.8) is 0 Å². The summed E-state index contributed by atoms with van der Waals surface area (Å²) in [6.07, 6.45) is 3.24. The van der Waals surface area contributed by atoms with Gasteiger partial charge < -0.3 is 10.1 Å². The number of ether oxygens (including phenoxy) is 1. The summed E-state index contributed by atoms with van der Waals surface area (Å²) in [4.78, 5) is 8.37. The predicted molar refractivity (Wildman–Crippen MR) is 85.9 cm³/mol. The van der Waals surface area contributed by atoms with E-state index in [1.54, 1.807) is 18.3 Å². The molecule has 0 radical (unpaired) electrons. The Bertz CT molecular complexity index is 665. The molecule has 0 saturated carbocycles. The van der Waals surface area contributed by atoms with E-state index in [0.29, 0.717) is 41.4 Å². The molecule has 114 valence electrons. The van der Waals surface area contributed by atoms with Crippen LogP contribution in [0.25, 0.3) is 0 Å². The van der Waals surface area contributed by atoms with Crippen LogP contribution in [0.5, 0.6) is 5.88 Å². The van der Waals surface area contributed by atoms with E-state index in [-0.39, 0.29) is 0 Å². The fraction of sp³-hybridized carbons (Fsp3) is 0.312. The smallest absolute Gasteiger partial charge is 0.232 e. The van der Waals surface area contributed by atoms with E-state index in [1.165, 1.54) is 6.20 Å². The summed E-state index contributed by atoms with van der Waals surface area (Å²) in [5.41, 5.74) is 1.45. The quantitative estimate of drug-likeness (QED) is 0.880. The molecular weight excluding hydrogens is 300 g/mol. The summed E-state index contributed by atoms with van der Waals surface area (Å²) in [6.45, 7) is 5.25. The summed E-state index contributed by atoms with van der Waals surface area (Å²) >= 11 is 6.17. The highest BCUT2D eigenvalue weighted by Gasteiger charge is 2.06. The minimum absolute atomic E-state index is 0.418. The zero-order valence-corrected chi connectivity index (χ0v) is 13.3. The lowest BCUT2D eigenvalue weighted by Crippen LogP contribution is -2.07. The van der Waals surface area contributed by atoms with Crippen molar-refractivity contribution in [2.45, 2.75) is 20.4 Å². The van der Waals surface area contributed by atoms with Crippen LogP contribution < -0.4 is 10.1 Å². The van der Waals surface area contributed by atoms with Gasteiger partial charge in [0.1, 0.15) is 16.9 Å². The summed E-state index contributed by atoms with van der Waals surface area (Å²) in [7, 11) is 0. The Kier molecular flexibility index (Phi) is 5.56. The first-order valence-electron chi connectivity index (χ1n) is 6.95. The van der Waals surface area contributed by atoms with Crippen molar-refractivity contribution in [1.29, 1.82) is 5.26 Å². The van der Waals surface area contributed by atoms with Gasteiger partial charge in [0, 0.05) is 18.9 Å². The van der Waals surface area contributed by atoms with Crippen LogP contribution in [0.15, 0.2) is 30.6 Å². The minimum atomic E-state index is 0.418. The Hall–Kier alpha value is -2.32. The number of nitrogens with one attached hydrogen (secondary N) is 1. The Morgan fingerprint density at radius 3 is 2.73 bits per heavy atom. The average Bonchev–Trinajstić information content (AvgIpc) is 2.52. The molecule has 0 amide bonds. The highest BCUT2D eigenvalue weighted by atomic mass is 35.5. The van der Waals surface area contributed by atoms with Gasteiger partial charge in [-0.1, -0.05) is 25.4 Å². The van der Waals surface area contributed by atoms with Crippen molar-refractivity contribution >= 4 is 17.4 Å². The van der Waals surface area contributed by atoms with Crippen molar-refractivity contribution < 1.29 is 4.74 Å². The summed E-state index contributed by atoms with van der Waals surface area (Å²) in [5, 5.41) is 12.4. The molecule has 2 aromatic rings. The van der Waals surface area contributed by atoms with Crippen molar-refractivity contribution in [3.05, 3.63) is 46.7 Å². The first-order chi connectivity index (χ1) is 10.6. The first-order valence-corrected chi connectivity index (χ1v) is 7.33. The monoisotopic (exact) mass is 316 g/mol. The molecule has 0 spiro atoms. The van der Waals surface area contributed by atoms with Gasteiger partial charge >= 0.3 is 0 Å². The van der Waals surface area contributed by atoms with Crippen molar-refractivity contribution in [1.82, 2.24) is 9.97 Å². The number of nitriles is 1. The highest BCUT2D eigenvalue weighted by molar-refractivity contribution is 6.31. The molecule has 0 saturated heterocycles. The van der Waals surface area contributed by atoms with Crippen LogP contribution in [0.2, 0.25) is 5.02 Å². The van der Waals surface area contributed by atoms with Crippen LogP contribution in [-0.2, 0) is 6.54 Å². The topological polar surface area (TPSA) is 70.8 Å². The number of nitrogens with zero attached hydrogens (tertiary/aromatic N) is 3. The van der Waals surface area contributed by atoms with Gasteiger partial charge in [0.25, 0.3) is 0 Å². The molecule has 1 N–H and O–H groups in total. The number of halogens is 1. The minimum Gasteiger partial charge on any atom is -0.476 e. The number of hydrogen-bond acceptors (Lipinski definition) is 5. The third-order valence-corrected chi connectivity index (χ3v) is 3.05. The Morgan fingerprint density at radius 1 is 1.32 bits per heavy atom. The molecule has 0 atom stereocenters. The van der Waals surface area contributed by atoms with Gasteiger partial charge in [-0.15, -0.1) is 0 Å². The van der Waals surface area contributed by atoms with E-state index in [4.69, 9.17) is 21.6 Å². The lowest BCUT2D eigenvalue weighted by Gasteiger charge is -2.10. The largest absolute Gasteiger partial charge is 0.476 e. The first kappa shape index (κ1) is 16.1. The average molecular weight is 317 g/mol. The van der Waals surface area contributed by atoms with E-state index in [2.05, 4.69) is 29.1 Å². The van der Waals surface area contributed by atoms with Gasteiger partial charge in [0.2, 0.25) is 5.88 Å². The van der Waals surface area contributed by atoms with Crippen molar-refractivity contribution in [2.24, 2.45) is 5.92 Å². The maximum atomic E-state index is 8.73. The molecule has 6 heteroatoms. The molecule has 2 heterocycles. The Morgan fingerprint density at radius 2 is 2.14 bits per heavy atom. The third-order valence-electron chi connectivity index (χ3n) is 2.78. The molecule has 2 aromatic heterocycles. The molecule has 0 bridgehead atoms.